The van der Waals surface area contributed by atoms with Crippen LogP contribution in [-0.4, -0.2) is 7.05 Å². The third-order valence-corrected chi connectivity index (χ3v) is 3.01. The van der Waals surface area contributed by atoms with Crippen LogP contribution in [0.4, 0.5) is 0 Å². The molecule has 1 N–H and O–H groups in total. The molecule has 0 aliphatic rings. The van der Waals surface area contributed by atoms with Gasteiger partial charge in [0.15, 0.2) is 0 Å². The van der Waals surface area contributed by atoms with Crippen LogP contribution in [0.25, 0.3) is 0 Å². The van der Waals surface area contributed by atoms with E-state index in [9.17, 15) is 0 Å². The van der Waals surface area contributed by atoms with Crippen LogP contribution < -0.4 is 5.32 Å². The first kappa shape index (κ1) is 14.8. The molecule has 1 rings (SSSR count). The Bertz CT molecular complexity index is 434. The molecule has 1 atom stereocenters. The molecular formula is C17H25N. The van der Waals surface area contributed by atoms with Crippen molar-refractivity contribution in [2.75, 3.05) is 7.05 Å². The summed E-state index contributed by atoms with van der Waals surface area (Å²) in [5.41, 5.74) is 4.15. The first-order valence-electron chi connectivity index (χ1n) is 6.58. The third kappa shape index (κ3) is 4.20. The smallest absolute Gasteiger partial charge is 0.0433 e. The van der Waals surface area contributed by atoms with Crippen molar-refractivity contribution in [1.29, 1.82) is 0 Å². The molecule has 0 amide bonds. The van der Waals surface area contributed by atoms with Crippen LogP contribution in [0.1, 0.15) is 49.9 Å². The van der Waals surface area contributed by atoms with Gasteiger partial charge in [-0.3, -0.25) is 0 Å². The Labute approximate surface area is 112 Å². The number of nitrogens with one attached hydrogen (secondary N) is 1. The maximum absolute atomic E-state index is 3.38. The molecule has 1 nitrogen and oxygen atoms in total. The number of aryl methyl sites for hydroxylation is 2. The van der Waals surface area contributed by atoms with E-state index in [0.29, 0.717) is 6.04 Å². The summed E-state index contributed by atoms with van der Waals surface area (Å²) in [6, 6.07) is 6.77. The molecule has 0 radical (unpaired) electrons. The normalized spacial score (nSPS) is 12.8. The predicted molar refractivity (Wildman–Crippen MR) is 79.6 cm³/mol. The van der Waals surface area contributed by atoms with E-state index >= 15 is 0 Å². The number of hydrogen-bond acceptors (Lipinski definition) is 1. The van der Waals surface area contributed by atoms with Gasteiger partial charge in [-0.1, -0.05) is 24.1 Å². The van der Waals surface area contributed by atoms with Crippen molar-refractivity contribution in [2.45, 2.75) is 47.1 Å². The lowest BCUT2D eigenvalue weighted by Gasteiger charge is -2.19. The monoisotopic (exact) mass is 243 g/mol. The first-order chi connectivity index (χ1) is 8.35. The molecule has 18 heavy (non-hydrogen) atoms. The van der Waals surface area contributed by atoms with Gasteiger partial charge in [0.1, 0.15) is 0 Å². The van der Waals surface area contributed by atoms with Crippen molar-refractivity contribution in [3.63, 3.8) is 0 Å². The van der Waals surface area contributed by atoms with Crippen molar-refractivity contribution in [3.8, 4) is 11.8 Å². The van der Waals surface area contributed by atoms with Gasteiger partial charge >= 0.3 is 0 Å². The minimum atomic E-state index is 0.0824. The quantitative estimate of drug-likeness (QED) is 0.791. The van der Waals surface area contributed by atoms with E-state index in [1.807, 2.05) is 7.05 Å². The maximum atomic E-state index is 3.38. The summed E-state index contributed by atoms with van der Waals surface area (Å²) in [4.78, 5) is 0. The molecule has 0 bridgehead atoms. The molecule has 1 heteroatoms. The number of rotatable bonds is 3. The Morgan fingerprint density at radius 1 is 1.17 bits per heavy atom. The minimum Gasteiger partial charge on any atom is -0.312 e. The van der Waals surface area contributed by atoms with Crippen LogP contribution in [0.3, 0.4) is 0 Å². The average molecular weight is 243 g/mol. The van der Waals surface area contributed by atoms with Crippen molar-refractivity contribution < 1.29 is 0 Å². The fourth-order valence-electron chi connectivity index (χ4n) is 2.14. The van der Waals surface area contributed by atoms with Gasteiger partial charge in [-0.25, -0.2) is 0 Å². The summed E-state index contributed by atoms with van der Waals surface area (Å²) in [5, 5.41) is 3.38. The third-order valence-electron chi connectivity index (χ3n) is 3.01. The second-order valence-corrected chi connectivity index (χ2v) is 5.90. The fourth-order valence-corrected chi connectivity index (χ4v) is 2.14. The summed E-state index contributed by atoms with van der Waals surface area (Å²) in [6.07, 6.45) is 0.861. The van der Waals surface area contributed by atoms with E-state index in [0.717, 1.165) is 6.42 Å². The van der Waals surface area contributed by atoms with Gasteiger partial charge in [0.2, 0.25) is 0 Å². The van der Waals surface area contributed by atoms with Crippen LogP contribution in [0.2, 0.25) is 0 Å². The molecule has 1 unspecified atom stereocenters. The highest BCUT2D eigenvalue weighted by Gasteiger charge is 2.13. The molecule has 0 aromatic heterocycles. The lowest BCUT2D eigenvalue weighted by molar-refractivity contribution is 0.565. The minimum absolute atomic E-state index is 0.0824. The Morgan fingerprint density at radius 2 is 1.72 bits per heavy atom. The maximum Gasteiger partial charge on any atom is 0.0433 e. The lowest BCUT2D eigenvalue weighted by atomic mass is 9.93. The van der Waals surface area contributed by atoms with Crippen LogP contribution in [0, 0.1) is 31.1 Å². The summed E-state index contributed by atoms with van der Waals surface area (Å²) >= 11 is 0. The molecule has 0 aliphatic heterocycles. The van der Waals surface area contributed by atoms with Crippen LogP contribution in [0.15, 0.2) is 18.2 Å². The zero-order chi connectivity index (χ0) is 13.8. The molecule has 1 aromatic carbocycles. The second-order valence-electron chi connectivity index (χ2n) is 5.90. The highest BCUT2D eigenvalue weighted by Crippen LogP contribution is 2.24. The Hall–Kier alpha value is -1.26. The lowest BCUT2D eigenvalue weighted by Crippen LogP contribution is -2.18. The zero-order valence-corrected chi connectivity index (χ0v) is 12.5. The van der Waals surface area contributed by atoms with Gasteiger partial charge in [0.25, 0.3) is 0 Å². The van der Waals surface area contributed by atoms with Crippen molar-refractivity contribution >= 4 is 0 Å². The van der Waals surface area contributed by atoms with Gasteiger partial charge in [-0.05, 0) is 58.4 Å². The summed E-state index contributed by atoms with van der Waals surface area (Å²) in [5.74, 6) is 6.62. The van der Waals surface area contributed by atoms with Crippen molar-refractivity contribution in [3.05, 3.63) is 34.9 Å². The standard InChI is InChI=1S/C17H25N/c1-13-9-7-10-14(2)16(13)15(18-6)11-8-12-17(3,4)5/h7,9-10,15,18H,11H2,1-6H3. The number of hydrogen-bond donors (Lipinski definition) is 1. The summed E-state index contributed by atoms with van der Waals surface area (Å²) in [7, 11) is 2.01. The first-order valence-corrected chi connectivity index (χ1v) is 6.58. The van der Waals surface area contributed by atoms with Gasteiger partial charge < -0.3 is 5.32 Å². The number of benzene rings is 1. The average Bonchev–Trinajstić information content (AvgIpc) is 2.25. The van der Waals surface area contributed by atoms with E-state index in [-0.39, 0.29) is 5.41 Å². The van der Waals surface area contributed by atoms with Crippen LogP contribution in [0.5, 0.6) is 0 Å². The highest BCUT2D eigenvalue weighted by atomic mass is 14.9. The molecule has 0 aliphatic carbocycles. The van der Waals surface area contributed by atoms with Crippen molar-refractivity contribution in [2.24, 2.45) is 5.41 Å². The zero-order valence-electron chi connectivity index (χ0n) is 12.5. The molecule has 0 saturated heterocycles. The Morgan fingerprint density at radius 3 is 2.17 bits per heavy atom. The molecule has 0 spiro atoms. The molecule has 98 valence electrons. The SMILES string of the molecule is CNC(CC#CC(C)(C)C)c1c(C)cccc1C. The second kappa shape index (κ2) is 6.07. The van der Waals surface area contributed by atoms with Gasteiger partial charge in [0.05, 0.1) is 0 Å². The molecule has 0 saturated carbocycles. The Balaban J connectivity index is 2.93. The fraction of sp³-hybridized carbons (Fsp3) is 0.529. The van der Waals surface area contributed by atoms with Gasteiger partial charge in [0, 0.05) is 17.9 Å². The highest BCUT2D eigenvalue weighted by molar-refractivity contribution is 5.37. The summed E-state index contributed by atoms with van der Waals surface area (Å²) in [6.45, 7) is 10.8. The van der Waals surface area contributed by atoms with Gasteiger partial charge in [-0.15, -0.1) is 5.92 Å². The molecule has 0 fully saturated rings. The topological polar surface area (TPSA) is 12.0 Å². The van der Waals surface area contributed by atoms with E-state index in [1.165, 1.54) is 16.7 Å². The molecule has 1 aromatic rings. The predicted octanol–water partition coefficient (Wildman–Crippen LogP) is 4.00. The van der Waals surface area contributed by atoms with Gasteiger partial charge in [-0.2, -0.15) is 0 Å². The molecule has 0 heterocycles. The van der Waals surface area contributed by atoms with E-state index in [2.05, 4.69) is 70.0 Å². The summed E-state index contributed by atoms with van der Waals surface area (Å²) < 4.78 is 0. The Kier molecular flexibility index (Phi) is 4.99. The molecular weight excluding hydrogens is 218 g/mol. The van der Waals surface area contributed by atoms with E-state index in [4.69, 9.17) is 0 Å². The van der Waals surface area contributed by atoms with Crippen LogP contribution in [-0.2, 0) is 0 Å². The van der Waals surface area contributed by atoms with E-state index < -0.39 is 0 Å². The van der Waals surface area contributed by atoms with Crippen molar-refractivity contribution in [1.82, 2.24) is 5.32 Å². The largest absolute Gasteiger partial charge is 0.312 e. The van der Waals surface area contributed by atoms with Crippen LogP contribution >= 0.6 is 0 Å². The van der Waals surface area contributed by atoms with E-state index in [1.54, 1.807) is 0 Å².